The zero-order valence-electron chi connectivity index (χ0n) is 15.1. The number of benzene rings is 1. The lowest BCUT2D eigenvalue weighted by molar-refractivity contribution is 0.166. The molecule has 2 heterocycles. The van der Waals surface area contributed by atoms with Crippen LogP contribution < -0.4 is 5.32 Å². The molecule has 138 valence electrons. The summed E-state index contributed by atoms with van der Waals surface area (Å²) in [4.78, 5) is 19.1. The van der Waals surface area contributed by atoms with Crippen molar-refractivity contribution in [2.45, 2.75) is 56.9 Å². The Morgan fingerprint density at radius 2 is 1.88 bits per heavy atom. The Kier molecular flexibility index (Phi) is 5.18. The van der Waals surface area contributed by atoms with Gasteiger partial charge in [0, 0.05) is 24.7 Å². The molecular weight excluding hydrogens is 328 g/mol. The predicted molar refractivity (Wildman–Crippen MR) is 98.7 cm³/mol. The number of hydrogen-bond acceptors (Lipinski definition) is 4. The first kappa shape index (κ1) is 17.1. The topological polar surface area (TPSA) is 71.3 Å². The molecule has 0 spiro atoms. The molecule has 2 amide bonds. The lowest BCUT2D eigenvalue weighted by atomic mass is 9.95. The molecule has 1 unspecified atom stereocenters. The average Bonchev–Trinajstić information content (AvgIpc) is 3.20. The van der Waals surface area contributed by atoms with E-state index in [1.54, 1.807) is 0 Å². The van der Waals surface area contributed by atoms with E-state index < -0.39 is 0 Å². The quantitative estimate of drug-likeness (QED) is 0.906. The van der Waals surface area contributed by atoms with E-state index in [-0.39, 0.29) is 11.9 Å². The van der Waals surface area contributed by atoms with Crippen molar-refractivity contribution < 1.29 is 9.32 Å². The van der Waals surface area contributed by atoms with Gasteiger partial charge in [0.1, 0.15) is 0 Å². The molecule has 1 saturated carbocycles. The number of nitrogens with one attached hydrogen (secondary N) is 1. The van der Waals surface area contributed by atoms with Crippen LogP contribution in [0.25, 0.3) is 11.4 Å². The van der Waals surface area contributed by atoms with Gasteiger partial charge in [-0.2, -0.15) is 4.98 Å². The smallest absolute Gasteiger partial charge is 0.317 e. The molecule has 1 aliphatic heterocycles. The van der Waals surface area contributed by atoms with Crippen LogP contribution in [-0.4, -0.2) is 40.2 Å². The average molecular weight is 354 g/mol. The summed E-state index contributed by atoms with van der Waals surface area (Å²) in [7, 11) is 0. The van der Waals surface area contributed by atoms with Crippen LogP contribution in [-0.2, 0) is 0 Å². The fourth-order valence-corrected chi connectivity index (χ4v) is 3.98. The molecule has 26 heavy (non-hydrogen) atoms. The minimum Gasteiger partial charge on any atom is -0.339 e. The largest absolute Gasteiger partial charge is 0.339 e. The molecule has 1 atom stereocenters. The normalized spacial score (nSPS) is 21.5. The first-order valence-corrected chi connectivity index (χ1v) is 9.74. The maximum atomic E-state index is 12.6. The van der Waals surface area contributed by atoms with Crippen LogP contribution in [0.3, 0.4) is 0 Å². The summed E-state index contributed by atoms with van der Waals surface area (Å²) in [5, 5.41) is 7.33. The molecule has 2 fully saturated rings. The summed E-state index contributed by atoms with van der Waals surface area (Å²) < 4.78 is 5.52. The van der Waals surface area contributed by atoms with E-state index in [1.165, 1.54) is 19.3 Å². The van der Waals surface area contributed by atoms with Crippen molar-refractivity contribution in [1.29, 1.82) is 0 Å². The van der Waals surface area contributed by atoms with Gasteiger partial charge in [0.2, 0.25) is 11.7 Å². The Balaban J connectivity index is 1.39. The molecule has 2 aromatic rings. The monoisotopic (exact) mass is 354 g/mol. The summed E-state index contributed by atoms with van der Waals surface area (Å²) in [6.45, 7) is 1.45. The molecule has 6 heteroatoms. The first-order valence-electron chi connectivity index (χ1n) is 9.74. The number of rotatable bonds is 3. The predicted octanol–water partition coefficient (Wildman–Crippen LogP) is 3.96. The maximum absolute atomic E-state index is 12.6. The van der Waals surface area contributed by atoms with Crippen molar-refractivity contribution >= 4 is 6.03 Å². The van der Waals surface area contributed by atoms with E-state index >= 15 is 0 Å². The molecule has 0 radical (unpaired) electrons. The standard InChI is InChI=1S/C20H26N4O2/c25-20(21-17-11-5-2-6-12-17)24-13-7-10-16(14-24)19-22-18(23-26-19)15-8-3-1-4-9-15/h1,3-4,8-9,16-17H,2,5-7,10-14H2,(H,21,25). The second kappa shape index (κ2) is 7.89. The third-order valence-corrected chi connectivity index (χ3v) is 5.46. The molecular formula is C20H26N4O2. The lowest BCUT2D eigenvalue weighted by Crippen LogP contribution is -2.48. The molecule has 2 aliphatic rings. The van der Waals surface area contributed by atoms with E-state index in [0.29, 0.717) is 24.3 Å². The number of carbonyl (C=O) groups excluding carboxylic acids is 1. The Bertz CT molecular complexity index is 724. The number of hydrogen-bond donors (Lipinski definition) is 1. The van der Waals surface area contributed by atoms with Gasteiger partial charge in [-0.1, -0.05) is 54.8 Å². The highest BCUT2D eigenvalue weighted by molar-refractivity contribution is 5.74. The minimum atomic E-state index is 0.0596. The van der Waals surface area contributed by atoms with Crippen molar-refractivity contribution in [1.82, 2.24) is 20.4 Å². The summed E-state index contributed by atoms with van der Waals surface area (Å²) in [6.07, 6.45) is 7.88. The minimum absolute atomic E-state index is 0.0596. The molecule has 1 saturated heterocycles. The first-order chi connectivity index (χ1) is 12.8. The van der Waals surface area contributed by atoms with Crippen LogP contribution in [0.2, 0.25) is 0 Å². The van der Waals surface area contributed by atoms with Gasteiger partial charge in [-0.25, -0.2) is 4.79 Å². The van der Waals surface area contributed by atoms with Gasteiger partial charge in [-0.3, -0.25) is 0 Å². The summed E-state index contributed by atoms with van der Waals surface area (Å²) >= 11 is 0. The number of amides is 2. The van der Waals surface area contributed by atoms with Gasteiger partial charge in [0.15, 0.2) is 0 Å². The van der Waals surface area contributed by atoms with Crippen LogP contribution in [0, 0.1) is 0 Å². The maximum Gasteiger partial charge on any atom is 0.317 e. The highest BCUT2D eigenvalue weighted by Gasteiger charge is 2.29. The molecule has 6 nitrogen and oxygen atoms in total. The van der Waals surface area contributed by atoms with Crippen molar-refractivity contribution in [3.05, 3.63) is 36.2 Å². The number of aromatic nitrogens is 2. The highest BCUT2D eigenvalue weighted by atomic mass is 16.5. The summed E-state index contributed by atoms with van der Waals surface area (Å²) in [5.41, 5.74) is 0.949. The van der Waals surface area contributed by atoms with Crippen LogP contribution in [0.4, 0.5) is 4.79 Å². The molecule has 1 N–H and O–H groups in total. The van der Waals surface area contributed by atoms with Crippen molar-refractivity contribution in [3.63, 3.8) is 0 Å². The van der Waals surface area contributed by atoms with E-state index in [2.05, 4.69) is 15.5 Å². The van der Waals surface area contributed by atoms with Crippen LogP contribution in [0.5, 0.6) is 0 Å². The van der Waals surface area contributed by atoms with Gasteiger partial charge < -0.3 is 14.7 Å². The molecule has 1 aliphatic carbocycles. The number of nitrogens with zero attached hydrogens (tertiary/aromatic N) is 3. The molecule has 1 aromatic carbocycles. The zero-order valence-corrected chi connectivity index (χ0v) is 15.1. The molecule has 0 bridgehead atoms. The van der Waals surface area contributed by atoms with Gasteiger partial charge in [0.25, 0.3) is 0 Å². The Labute approximate surface area is 154 Å². The third kappa shape index (κ3) is 3.89. The number of carbonyl (C=O) groups is 1. The number of likely N-dealkylation sites (tertiary alicyclic amines) is 1. The van der Waals surface area contributed by atoms with Crippen LogP contribution in [0.1, 0.15) is 56.8 Å². The van der Waals surface area contributed by atoms with Crippen molar-refractivity contribution in [2.75, 3.05) is 13.1 Å². The van der Waals surface area contributed by atoms with Crippen LogP contribution >= 0.6 is 0 Å². The van der Waals surface area contributed by atoms with Crippen LogP contribution in [0.15, 0.2) is 34.9 Å². The van der Waals surface area contributed by atoms with Gasteiger partial charge >= 0.3 is 6.03 Å². The van der Waals surface area contributed by atoms with E-state index in [1.807, 2.05) is 35.2 Å². The number of urea groups is 1. The van der Waals surface area contributed by atoms with E-state index in [9.17, 15) is 4.79 Å². The zero-order chi connectivity index (χ0) is 17.8. The van der Waals surface area contributed by atoms with E-state index in [4.69, 9.17) is 4.52 Å². The van der Waals surface area contributed by atoms with Gasteiger partial charge in [-0.15, -0.1) is 0 Å². The van der Waals surface area contributed by atoms with E-state index in [0.717, 1.165) is 37.8 Å². The number of piperidine rings is 1. The second-order valence-electron chi connectivity index (χ2n) is 7.39. The molecule has 4 rings (SSSR count). The lowest BCUT2D eigenvalue weighted by Gasteiger charge is -2.33. The Morgan fingerprint density at radius 3 is 2.69 bits per heavy atom. The van der Waals surface area contributed by atoms with Gasteiger partial charge in [0.05, 0.1) is 5.92 Å². The fourth-order valence-electron chi connectivity index (χ4n) is 3.98. The van der Waals surface area contributed by atoms with Gasteiger partial charge in [-0.05, 0) is 25.7 Å². The van der Waals surface area contributed by atoms with Crippen molar-refractivity contribution in [2.24, 2.45) is 0 Å². The third-order valence-electron chi connectivity index (χ3n) is 5.46. The van der Waals surface area contributed by atoms with Crippen molar-refractivity contribution in [3.8, 4) is 11.4 Å². The Hall–Kier alpha value is -2.37. The SMILES string of the molecule is O=C(NC1CCCCC1)N1CCCC(c2nc(-c3ccccc3)no2)C1. The Morgan fingerprint density at radius 1 is 1.08 bits per heavy atom. The molecule has 1 aromatic heterocycles. The summed E-state index contributed by atoms with van der Waals surface area (Å²) in [6, 6.07) is 10.2. The highest BCUT2D eigenvalue weighted by Crippen LogP contribution is 2.28. The second-order valence-corrected chi connectivity index (χ2v) is 7.39. The summed E-state index contributed by atoms with van der Waals surface area (Å²) in [5.74, 6) is 1.37. The fraction of sp³-hybridized carbons (Fsp3) is 0.550.